The summed E-state index contributed by atoms with van der Waals surface area (Å²) in [4.78, 5) is 0. The van der Waals surface area contributed by atoms with Crippen molar-refractivity contribution in [2.75, 3.05) is 0 Å². The monoisotopic (exact) mass is 216 g/mol. The fourth-order valence-electron chi connectivity index (χ4n) is 3.09. The first-order valence-corrected chi connectivity index (χ1v) is 5.98. The number of nitrogens with zero attached hydrogens (tertiary/aromatic N) is 3. The largest absolute Gasteiger partial charge is 0.311 e. The van der Waals surface area contributed by atoms with E-state index in [0.29, 0.717) is 18.1 Å². The van der Waals surface area contributed by atoms with Crippen molar-refractivity contribution in [1.29, 1.82) is 5.26 Å². The lowest BCUT2D eigenvalue weighted by Gasteiger charge is -2.29. The molecule has 0 aliphatic carbocycles. The molecule has 1 aromatic rings. The number of nitriles is 1. The van der Waals surface area contributed by atoms with E-state index >= 15 is 0 Å². The summed E-state index contributed by atoms with van der Waals surface area (Å²) in [5.41, 5.74) is 1.74. The van der Waals surface area contributed by atoms with Crippen LogP contribution in [-0.2, 0) is 0 Å². The minimum Gasteiger partial charge on any atom is -0.311 e. The minimum atomic E-state index is 0.419. The van der Waals surface area contributed by atoms with Crippen molar-refractivity contribution in [1.82, 2.24) is 15.1 Å². The number of aromatic nitrogens is 2. The van der Waals surface area contributed by atoms with E-state index in [2.05, 4.69) is 16.5 Å². The van der Waals surface area contributed by atoms with Gasteiger partial charge in [-0.1, -0.05) is 0 Å². The van der Waals surface area contributed by atoms with Crippen molar-refractivity contribution in [3.8, 4) is 6.07 Å². The number of piperidine rings is 1. The van der Waals surface area contributed by atoms with Crippen LogP contribution in [0.5, 0.6) is 0 Å². The number of rotatable bonds is 1. The van der Waals surface area contributed by atoms with Crippen LogP contribution in [0, 0.1) is 18.3 Å². The van der Waals surface area contributed by atoms with Crippen LogP contribution >= 0.6 is 0 Å². The van der Waals surface area contributed by atoms with Gasteiger partial charge in [0.25, 0.3) is 0 Å². The topological polar surface area (TPSA) is 53.6 Å². The second kappa shape index (κ2) is 3.60. The van der Waals surface area contributed by atoms with E-state index in [1.807, 2.05) is 17.8 Å². The molecule has 0 saturated carbocycles. The second-order valence-electron chi connectivity index (χ2n) is 5.00. The molecule has 2 fully saturated rings. The molecule has 2 atom stereocenters. The summed E-state index contributed by atoms with van der Waals surface area (Å²) in [5, 5.41) is 17.1. The highest BCUT2D eigenvalue weighted by atomic mass is 15.3. The molecular weight excluding hydrogens is 200 g/mol. The Morgan fingerprint density at radius 1 is 1.44 bits per heavy atom. The molecule has 0 aromatic carbocycles. The van der Waals surface area contributed by atoms with Crippen LogP contribution in [0.2, 0.25) is 0 Å². The molecule has 2 saturated heterocycles. The van der Waals surface area contributed by atoms with Gasteiger partial charge in [0.15, 0.2) is 0 Å². The Kier molecular flexibility index (Phi) is 2.22. The summed E-state index contributed by atoms with van der Waals surface area (Å²) in [6.45, 7) is 1.96. The molecule has 16 heavy (non-hydrogen) atoms. The van der Waals surface area contributed by atoms with Gasteiger partial charge in [0, 0.05) is 17.6 Å². The molecule has 2 aliphatic heterocycles. The molecule has 2 unspecified atom stereocenters. The molecule has 0 radical (unpaired) electrons. The molecular formula is C12H16N4. The maximum absolute atomic E-state index is 9.14. The van der Waals surface area contributed by atoms with Crippen molar-refractivity contribution < 1.29 is 0 Å². The SMILES string of the molecule is Cc1cnn(C2CC3CCC(C2)N3)c1C#N. The second-order valence-corrected chi connectivity index (χ2v) is 5.00. The zero-order chi connectivity index (χ0) is 11.1. The van der Waals surface area contributed by atoms with Crippen LogP contribution in [0.4, 0.5) is 0 Å². The van der Waals surface area contributed by atoms with Gasteiger partial charge in [0.1, 0.15) is 11.8 Å². The summed E-state index contributed by atoms with van der Waals surface area (Å²) < 4.78 is 1.95. The molecule has 3 rings (SSSR count). The van der Waals surface area contributed by atoms with Crippen LogP contribution in [0.3, 0.4) is 0 Å². The lowest BCUT2D eigenvalue weighted by atomic mass is 10.00. The minimum absolute atomic E-state index is 0.419. The number of fused-ring (bicyclic) bond motifs is 2. The Hall–Kier alpha value is -1.34. The molecule has 4 heteroatoms. The van der Waals surface area contributed by atoms with E-state index in [4.69, 9.17) is 5.26 Å². The molecule has 2 bridgehead atoms. The van der Waals surface area contributed by atoms with Crippen molar-refractivity contribution in [3.05, 3.63) is 17.5 Å². The lowest BCUT2D eigenvalue weighted by molar-refractivity contribution is 0.280. The summed E-state index contributed by atoms with van der Waals surface area (Å²) in [7, 11) is 0. The molecule has 2 aliphatic rings. The lowest BCUT2D eigenvalue weighted by Crippen LogP contribution is -2.39. The Balaban J connectivity index is 1.90. The average Bonchev–Trinajstić information content (AvgIpc) is 2.82. The van der Waals surface area contributed by atoms with E-state index in [9.17, 15) is 0 Å². The Morgan fingerprint density at radius 3 is 2.75 bits per heavy atom. The summed E-state index contributed by atoms with van der Waals surface area (Å²) >= 11 is 0. The number of hydrogen-bond donors (Lipinski definition) is 1. The smallest absolute Gasteiger partial charge is 0.141 e. The first-order chi connectivity index (χ1) is 7.78. The number of aryl methyl sites for hydroxylation is 1. The van der Waals surface area contributed by atoms with E-state index in [1.54, 1.807) is 0 Å². The molecule has 0 spiro atoms. The molecule has 1 aromatic heterocycles. The number of nitrogens with one attached hydrogen (secondary N) is 1. The first-order valence-electron chi connectivity index (χ1n) is 5.98. The van der Waals surface area contributed by atoms with Gasteiger partial charge in [-0.15, -0.1) is 0 Å². The van der Waals surface area contributed by atoms with Crippen LogP contribution in [0.1, 0.15) is 43.0 Å². The van der Waals surface area contributed by atoms with Gasteiger partial charge in [-0.05, 0) is 32.6 Å². The van der Waals surface area contributed by atoms with Gasteiger partial charge in [0.2, 0.25) is 0 Å². The van der Waals surface area contributed by atoms with E-state index in [-0.39, 0.29) is 0 Å². The van der Waals surface area contributed by atoms with Crippen molar-refractivity contribution in [3.63, 3.8) is 0 Å². The van der Waals surface area contributed by atoms with Gasteiger partial charge in [-0.25, -0.2) is 0 Å². The maximum atomic E-state index is 9.14. The van der Waals surface area contributed by atoms with Crippen molar-refractivity contribution >= 4 is 0 Å². The third kappa shape index (κ3) is 1.43. The van der Waals surface area contributed by atoms with Gasteiger partial charge in [0.05, 0.1) is 12.2 Å². The third-order valence-corrected chi connectivity index (χ3v) is 3.88. The Bertz CT molecular complexity index is 430. The van der Waals surface area contributed by atoms with E-state index in [1.165, 1.54) is 12.8 Å². The molecule has 4 nitrogen and oxygen atoms in total. The van der Waals surface area contributed by atoms with Gasteiger partial charge in [-0.3, -0.25) is 4.68 Å². The molecule has 0 amide bonds. The van der Waals surface area contributed by atoms with Gasteiger partial charge in [-0.2, -0.15) is 10.4 Å². The van der Waals surface area contributed by atoms with Crippen LogP contribution < -0.4 is 5.32 Å². The average molecular weight is 216 g/mol. The predicted octanol–water partition coefficient (Wildman–Crippen LogP) is 1.52. The summed E-state index contributed by atoms with van der Waals surface area (Å²) in [5.74, 6) is 0. The Labute approximate surface area is 95.3 Å². The third-order valence-electron chi connectivity index (χ3n) is 3.88. The molecule has 3 heterocycles. The first kappa shape index (κ1) is 9.86. The predicted molar refractivity (Wildman–Crippen MR) is 59.9 cm³/mol. The zero-order valence-corrected chi connectivity index (χ0v) is 9.48. The summed E-state index contributed by atoms with van der Waals surface area (Å²) in [6.07, 6.45) is 6.60. The Morgan fingerprint density at radius 2 is 2.12 bits per heavy atom. The van der Waals surface area contributed by atoms with Gasteiger partial charge >= 0.3 is 0 Å². The normalized spacial score (nSPS) is 32.6. The summed E-state index contributed by atoms with van der Waals surface area (Å²) in [6, 6.07) is 3.97. The standard InChI is InChI=1S/C12H16N4/c1-8-7-14-16(12(8)6-13)11-4-9-2-3-10(5-11)15-9/h7,9-11,15H,2-5H2,1H3. The zero-order valence-electron chi connectivity index (χ0n) is 9.48. The van der Waals surface area contributed by atoms with Gasteiger partial charge < -0.3 is 5.32 Å². The highest BCUT2D eigenvalue weighted by Crippen LogP contribution is 2.34. The van der Waals surface area contributed by atoms with E-state index < -0.39 is 0 Å². The molecule has 1 N–H and O–H groups in total. The van der Waals surface area contributed by atoms with Crippen LogP contribution in [0.25, 0.3) is 0 Å². The van der Waals surface area contributed by atoms with Crippen molar-refractivity contribution in [2.45, 2.75) is 50.7 Å². The quantitative estimate of drug-likeness (QED) is 0.774. The molecule has 84 valence electrons. The fraction of sp³-hybridized carbons (Fsp3) is 0.667. The number of hydrogen-bond acceptors (Lipinski definition) is 3. The maximum Gasteiger partial charge on any atom is 0.141 e. The highest BCUT2D eigenvalue weighted by molar-refractivity contribution is 5.29. The fourth-order valence-corrected chi connectivity index (χ4v) is 3.09. The van der Waals surface area contributed by atoms with Crippen LogP contribution in [-0.4, -0.2) is 21.9 Å². The van der Waals surface area contributed by atoms with E-state index in [0.717, 1.165) is 24.1 Å². The van der Waals surface area contributed by atoms with Crippen LogP contribution in [0.15, 0.2) is 6.20 Å². The highest BCUT2D eigenvalue weighted by Gasteiger charge is 2.35. The van der Waals surface area contributed by atoms with Crippen molar-refractivity contribution in [2.24, 2.45) is 0 Å².